The second-order valence-corrected chi connectivity index (χ2v) is 13.9. The third kappa shape index (κ3) is 6.05. The zero-order chi connectivity index (χ0) is 31.9. The van der Waals surface area contributed by atoms with Gasteiger partial charge in [-0.2, -0.15) is 0 Å². The van der Waals surface area contributed by atoms with E-state index >= 15 is 0 Å². The maximum atomic E-state index is 11.9. The van der Waals surface area contributed by atoms with Crippen LogP contribution in [-0.4, -0.2) is 66.8 Å². The minimum absolute atomic E-state index is 0.0488. The molecule has 0 saturated carbocycles. The summed E-state index contributed by atoms with van der Waals surface area (Å²) >= 11 is 0. The Balaban J connectivity index is 0.882. The van der Waals surface area contributed by atoms with Crippen molar-refractivity contribution in [3.05, 3.63) is 118 Å². The first-order chi connectivity index (χ1) is 23.0. The van der Waals surface area contributed by atoms with Gasteiger partial charge in [-0.25, -0.2) is 0 Å². The predicted molar refractivity (Wildman–Crippen MR) is 187 cm³/mol. The average molecular weight is 629 g/mol. The Bertz CT molecular complexity index is 1740. The van der Waals surface area contributed by atoms with Gasteiger partial charge in [0.2, 0.25) is 0 Å². The summed E-state index contributed by atoms with van der Waals surface area (Å²) in [5.74, 6) is 1.92. The Morgan fingerprint density at radius 1 is 0.660 bits per heavy atom. The van der Waals surface area contributed by atoms with Crippen LogP contribution in [0.25, 0.3) is 0 Å². The zero-order valence-electron chi connectivity index (χ0n) is 26.9. The molecule has 4 aromatic carbocycles. The lowest BCUT2D eigenvalue weighted by atomic mass is 9.69. The standard InChI is InChI=1S/C40H44N4O3/c45-34-9-3-28(4-10-34)36-12-5-30-24-35(46)11-14-37(30)39(36)29-1-6-32(7-2-29)43-17-15-27(16-18-43)26-42-19-21-44(22-20-42)33-8-13-38-31(23-33)25-41-40(38)47/h1-4,6-11,13-14,23-24,27,36,39,45-46H,5,12,15-22,25-26H2,(H,41,47)/t36-,39+/m0/s1. The summed E-state index contributed by atoms with van der Waals surface area (Å²) in [4.78, 5) is 19.6. The minimum atomic E-state index is 0.0488. The Hall–Kier alpha value is -4.49. The van der Waals surface area contributed by atoms with Crippen molar-refractivity contribution in [2.75, 3.05) is 55.6 Å². The fraction of sp³-hybridized carbons (Fsp3) is 0.375. The van der Waals surface area contributed by atoms with Crippen molar-refractivity contribution in [1.82, 2.24) is 10.2 Å². The smallest absolute Gasteiger partial charge is 0.251 e. The Morgan fingerprint density at radius 3 is 2.11 bits per heavy atom. The number of phenols is 2. The van der Waals surface area contributed by atoms with Gasteiger partial charge in [-0.15, -0.1) is 0 Å². The lowest BCUT2D eigenvalue weighted by Gasteiger charge is -2.40. The van der Waals surface area contributed by atoms with Crippen molar-refractivity contribution < 1.29 is 15.0 Å². The molecule has 0 spiro atoms. The molecule has 1 aliphatic carbocycles. The van der Waals surface area contributed by atoms with Crippen LogP contribution in [0.4, 0.5) is 11.4 Å². The molecule has 0 bridgehead atoms. The van der Waals surface area contributed by atoms with Gasteiger partial charge in [0.05, 0.1) is 0 Å². The van der Waals surface area contributed by atoms with E-state index in [2.05, 4.69) is 74.6 Å². The predicted octanol–water partition coefficient (Wildman–Crippen LogP) is 6.24. The van der Waals surface area contributed by atoms with E-state index in [-0.39, 0.29) is 11.8 Å². The monoisotopic (exact) mass is 628 g/mol. The fourth-order valence-electron chi connectivity index (χ4n) is 8.53. The summed E-state index contributed by atoms with van der Waals surface area (Å²) in [6.45, 7) is 8.25. The number of benzene rings is 4. The van der Waals surface area contributed by atoms with Crippen molar-refractivity contribution in [3.8, 4) is 11.5 Å². The summed E-state index contributed by atoms with van der Waals surface area (Å²) in [7, 11) is 0. The fourth-order valence-corrected chi connectivity index (χ4v) is 8.53. The molecule has 7 nitrogen and oxygen atoms in total. The van der Waals surface area contributed by atoms with E-state index in [0.29, 0.717) is 24.0 Å². The first-order valence-electron chi connectivity index (χ1n) is 17.3. The molecule has 0 unspecified atom stereocenters. The largest absolute Gasteiger partial charge is 0.508 e. The molecule has 0 radical (unpaired) electrons. The second-order valence-electron chi connectivity index (χ2n) is 13.9. The lowest BCUT2D eigenvalue weighted by molar-refractivity contribution is 0.0965. The van der Waals surface area contributed by atoms with E-state index in [9.17, 15) is 15.0 Å². The molecule has 0 aromatic heterocycles. The van der Waals surface area contributed by atoms with E-state index in [1.165, 1.54) is 53.0 Å². The Morgan fingerprint density at radius 2 is 1.34 bits per heavy atom. The number of piperazine rings is 1. The molecule has 8 rings (SSSR count). The van der Waals surface area contributed by atoms with Gasteiger partial charge < -0.3 is 25.3 Å². The van der Waals surface area contributed by atoms with Gasteiger partial charge in [-0.1, -0.05) is 30.3 Å². The molecule has 47 heavy (non-hydrogen) atoms. The molecule has 242 valence electrons. The number of hydrogen-bond acceptors (Lipinski definition) is 6. The summed E-state index contributed by atoms with van der Waals surface area (Å²) < 4.78 is 0. The van der Waals surface area contributed by atoms with E-state index in [0.717, 1.165) is 69.2 Å². The highest BCUT2D eigenvalue weighted by molar-refractivity contribution is 5.98. The van der Waals surface area contributed by atoms with E-state index < -0.39 is 0 Å². The second kappa shape index (κ2) is 12.6. The molecule has 7 heteroatoms. The van der Waals surface area contributed by atoms with Gasteiger partial charge in [0.15, 0.2) is 0 Å². The van der Waals surface area contributed by atoms with E-state index in [1.54, 1.807) is 12.1 Å². The molecule has 1 amide bonds. The molecule has 3 N–H and O–H groups in total. The molecule has 3 aliphatic heterocycles. The number of amides is 1. The van der Waals surface area contributed by atoms with Gasteiger partial charge in [0.1, 0.15) is 11.5 Å². The van der Waals surface area contributed by atoms with Crippen molar-refractivity contribution in [2.24, 2.45) is 5.92 Å². The Labute approximate surface area is 277 Å². The third-order valence-corrected chi connectivity index (χ3v) is 11.2. The number of phenolic OH excluding ortho intramolecular Hbond substituents is 2. The van der Waals surface area contributed by atoms with Crippen LogP contribution in [0.2, 0.25) is 0 Å². The number of hydrogen-bond donors (Lipinski definition) is 3. The summed E-state index contributed by atoms with van der Waals surface area (Å²) in [6.07, 6.45) is 4.38. The highest BCUT2D eigenvalue weighted by Gasteiger charge is 2.33. The van der Waals surface area contributed by atoms with Gasteiger partial charge in [0, 0.05) is 75.2 Å². The average Bonchev–Trinajstić information content (AvgIpc) is 3.48. The summed E-state index contributed by atoms with van der Waals surface area (Å²) in [5, 5.41) is 23.0. The number of fused-ring (bicyclic) bond motifs is 2. The van der Waals surface area contributed by atoms with Crippen LogP contribution in [0.15, 0.2) is 84.9 Å². The normalized spacial score (nSPS) is 21.7. The van der Waals surface area contributed by atoms with Crippen LogP contribution in [0.3, 0.4) is 0 Å². The Kier molecular flexibility index (Phi) is 8.01. The molecule has 4 aliphatic rings. The van der Waals surface area contributed by atoms with Crippen LogP contribution in [0, 0.1) is 5.92 Å². The zero-order valence-corrected chi connectivity index (χ0v) is 26.9. The number of nitrogens with one attached hydrogen (secondary N) is 1. The van der Waals surface area contributed by atoms with Gasteiger partial charge in [0.25, 0.3) is 5.91 Å². The maximum absolute atomic E-state index is 11.9. The minimum Gasteiger partial charge on any atom is -0.508 e. The first-order valence-corrected chi connectivity index (χ1v) is 17.3. The van der Waals surface area contributed by atoms with E-state index in [1.807, 2.05) is 18.2 Å². The highest BCUT2D eigenvalue weighted by Crippen LogP contribution is 2.47. The summed E-state index contributed by atoms with van der Waals surface area (Å²) in [6, 6.07) is 29.1. The number of anilines is 2. The quantitative estimate of drug-likeness (QED) is 0.235. The number of aromatic hydroxyl groups is 2. The number of carbonyl (C=O) groups is 1. The molecular weight excluding hydrogens is 584 g/mol. The molecule has 4 aromatic rings. The van der Waals surface area contributed by atoms with Crippen molar-refractivity contribution >= 4 is 17.3 Å². The van der Waals surface area contributed by atoms with Crippen molar-refractivity contribution in [2.45, 2.75) is 44.1 Å². The lowest BCUT2D eigenvalue weighted by Crippen LogP contribution is -2.49. The molecule has 3 heterocycles. The van der Waals surface area contributed by atoms with Crippen molar-refractivity contribution in [1.29, 1.82) is 0 Å². The van der Waals surface area contributed by atoms with Gasteiger partial charge >= 0.3 is 0 Å². The highest BCUT2D eigenvalue weighted by atomic mass is 16.3. The van der Waals surface area contributed by atoms with Crippen LogP contribution in [-0.2, 0) is 13.0 Å². The SMILES string of the molecule is O=C1NCc2cc(N3CCN(CC4CCN(c5ccc([C@H]6c7ccc(O)cc7CC[C@H]6c6ccc(O)cc6)cc5)CC4)CC3)ccc21. The van der Waals surface area contributed by atoms with Gasteiger partial charge in [-0.05, 0) is 120 Å². The molecule has 2 atom stereocenters. The number of aryl methyl sites for hydroxylation is 1. The summed E-state index contributed by atoms with van der Waals surface area (Å²) in [5.41, 5.74) is 9.56. The topological polar surface area (TPSA) is 79.3 Å². The molecular formula is C40H44N4O3. The van der Waals surface area contributed by atoms with Crippen LogP contribution in [0.5, 0.6) is 11.5 Å². The van der Waals surface area contributed by atoms with Crippen LogP contribution in [0.1, 0.15) is 69.3 Å². The number of rotatable bonds is 6. The van der Waals surface area contributed by atoms with Crippen LogP contribution < -0.4 is 15.1 Å². The van der Waals surface area contributed by atoms with Crippen molar-refractivity contribution in [3.63, 3.8) is 0 Å². The van der Waals surface area contributed by atoms with E-state index in [4.69, 9.17) is 0 Å². The number of carbonyl (C=O) groups excluding carboxylic acids is 1. The molecule has 2 fully saturated rings. The number of piperidine rings is 1. The maximum Gasteiger partial charge on any atom is 0.251 e. The van der Waals surface area contributed by atoms with Crippen LogP contribution >= 0.6 is 0 Å². The van der Waals surface area contributed by atoms with Gasteiger partial charge in [-0.3, -0.25) is 9.69 Å². The molecule has 2 saturated heterocycles. The number of nitrogens with zero attached hydrogens (tertiary/aromatic N) is 3. The third-order valence-electron chi connectivity index (χ3n) is 11.2. The first kappa shape index (κ1) is 29.9.